The first-order valence-corrected chi connectivity index (χ1v) is 9.29. The Hall–Kier alpha value is -2.27. The van der Waals surface area contributed by atoms with Gasteiger partial charge in [-0.2, -0.15) is 0 Å². The van der Waals surface area contributed by atoms with Crippen molar-refractivity contribution in [2.75, 3.05) is 21.3 Å². The molecule has 0 spiro atoms. The number of rotatable bonds is 4. The van der Waals surface area contributed by atoms with Gasteiger partial charge in [-0.05, 0) is 62.0 Å². The monoisotopic (exact) mass is 372 g/mol. The summed E-state index contributed by atoms with van der Waals surface area (Å²) in [5, 5.41) is 10.7. The van der Waals surface area contributed by atoms with E-state index in [-0.39, 0.29) is 11.2 Å². The van der Waals surface area contributed by atoms with E-state index >= 15 is 0 Å². The Morgan fingerprint density at radius 3 is 2.33 bits per heavy atom. The lowest BCUT2D eigenvalue weighted by Crippen LogP contribution is -2.42. The predicted octanol–water partition coefficient (Wildman–Crippen LogP) is 3.94. The van der Waals surface area contributed by atoms with Crippen LogP contribution in [0, 0.1) is 5.41 Å². The van der Waals surface area contributed by atoms with Crippen molar-refractivity contribution < 1.29 is 24.1 Å². The third-order valence-electron chi connectivity index (χ3n) is 6.00. The molecule has 0 heterocycles. The van der Waals surface area contributed by atoms with E-state index < -0.39 is 6.10 Å². The Bertz CT molecular complexity index is 795. The minimum absolute atomic E-state index is 0.0605. The van der Waals surface area contributed by atoms with Crippen LogP contribution < -0.4 is 14.2 Å². The molecule has 2 aliphatic rings. The van der Waals surface area contributed by atoms with Crippen LogP contribution in [0.5, 0.6) is 17.2 Å². The Labute approximate surface area is 160 Å². The number of aliphatic hydroxyl groups excluding tert-OH is 1. The minimum atomic E-state index is -0.423. The number of aliphatic hydroxyl groups is 1. The van der Waals surface area contributed by atoms with Gasteiger partial charge in [0.05, 0.1) is 27.4 Å². The summed E-state index contributed by atoms with van der Waals surface area (Å²) in [7, 11) is 4.70. The largest absolute Gasteiger partial charge is 0.493 e. The Balaban J connectivity index is 2.08. The zero-order valence-electron chi connectivity index (χ0n) is 16.7. The molecule has 0 unspecified atom stereocenters. The summed E-state index contributed by atoms with van der Waals surface area (Å²) >= 11 is 0. The van der Waals surface area contributed by atoms with Crippen molar-refractivity contribution in [2.45, 2.75) is 45.6 Å². The molecule has 0 aromatic heterocycles. The fourth-order valence-electron chi connectivity index (χ4n) is 4.47. The topological polar surface area (TPSA) is 65.0 Å². The van der Waals surface area contributed by atoms with Crippen LogP contribution in [0.1, 0.15) is 45.1 Å². The van der Waals surface area contributed by atoms with Gasteiger partial charge in [-0.25, -0.2) is 0 Å². The number of hydrogen-bond donors (Lipinski definition) is 1. The maximum absolute atomic E-state index is 13.0. The van der Waals surface area contributed by atoms with Crippen molar-refractivity contribution in [3.63, 3.8) is 0 Å². The van der Waals surface area contributed by atoms with Crippen molar-refractivity contribution in [3.8, 4) is 17.2 Å². The number of hydrogen-bond acceptors (Lipinski definition) is 5. The third-order valence-corrected chi connectivity index (χ3v) is 6.00. The van der Waals surface area contributed by atoms with Gasteiger partial charge >= 0.3 is 0 Å². The van der Waals surface area contributed by atoms with E-state index in [0.29, 0.717) is 29.2 Å². The molecule has 2 atom stereocenters. The Morgan fingerprint density at radius 2 is 1.78 bits per heavy atom. The molecule has 0 aliphatic heterocycles. The molecule has 5 nitrogen and oxygen atoms in total. The van der Waals surface area contributed by atoms with Crippen LogP contribution in [0.4, 0.5) is 0 Å². The Morgan fingerprint density at radius 1 is 1.15 bits per heavy atom. The molecule has 0 radical (unpaired) electrons. The van der Waals surface area contributed by atoms with Gasteiger partial charge in [0.1, 0.15) is 0 Å². The van der Waals surface area contributed by atoms with E-state index in [2.05, 4.69) is 6.92 Å². The number of ether oxygens (including phenoxy) is 3. The normalized spacial score (nSPS) is 26.8. The molecule has 146 valence electrons. The predicted molar refractivity (Wildman–Crippen MR) is 104 cm³/mol. The number of fused-ring (bicyclic) bond motifs is 1. The molecule has 1 aromatic rings. The molecule has 1 fully saturated rings. The molecule has 3 rings (SSSR count). The summed E-state index contributed by atoms with van der Waals surface area (Å²) in [4.78, 5) is 13.0. The van der Waals surface area contributed by atoms with Crippen LogP contribution in [0.3, 0.4) is 0 Å². The number of allylic oxidation sites excluding steroid dienone is 2. The van der Waals surface area contributed by atoms with Gasteiger partial charge in [-0.3, -0.25) is 4.79 Å². The van der Waals surface area contributed by atoms with Crippen LogP contribution in [0.15, 0.2) is 28.9 Å². The average molecular weight is 372 g/mol. The summed E-state index contributed by atoms with van der Waals surface area (Å²) in [5.41, 5.74) is 3.03. The zero-order valence-corrected chi connectivity index (χ0v) is 16.7. The number of ketones is 1. The number of carbonyl (C=O) groups excluding carboxylic acids is 1. The molecule has 27 heavy (non-hydrogen) atoms. The molecule has 2 aliphatic carbocycles. The van der Waals surface area contributed by atoms with E-state index in [1.54, 1.807) is 21.3 Å². The summed E-state index contributed by atoms with van der Waals surface area (Å²) in [5.74, 6) is 1.67. The second kappa shape index (κ2) is 7.39. The first-order valence-electron chi connectivity index (χ1n) is 9.29. The van der Waals surface area contributed by atoms with Gasteiger partial charge in [-0.1, -0.05) is 12.5 Å². The molecule has 5 heteroatoms. The maximum atomic E-state index is 13.0. The third kappa shape index (κ3) is 3.25. The van der Waals surface area contributed by atoms with Crippen LogP contribution in [0.25, 0.3) is 6.08 Å². The van der Waals surface area contributed by atoms with Crippen LogP contribution in [-0.2, 0) is 4.79 Å². The number of carbonyl (C=O) groups is 1. The minimum Gasteiger partial charge on any atom is -0.493 e. The smallest absolute Gasteiger partial charge is 0.203 e. The standard InChI is InChI=1S/C22H28O5/c1-13-16-7-6-8-19(23)22(16,2)12-15(20(13)24)9-14-10-17(25-3)21(27-5)18(11-14)26-4/h9-11,19,23H,6-8,12H2,1-5H3/b15-9+/t19-,22-/m0/s1. The summed E-state index contributed by atoms with van der Waals surface area (Å²) < 4.78 is 16.2. The van der Waals surface area contributed by atoms with Crippen molar-refractivity contribution in [2.24, 2.45) is 5.41 Å². The van der Waals surface area contributed by atoms with Gasteiger partial charge in [0.15, 0.2) is 17.3 Å². The van der Waals surface area contributed by atoms with Crippen LogP contribution in [-0.4, -0.2) is 38.3 Å². The number of methoxy groups -OCH3 is 3. The van der Waals surface area contributed by atoms with Crippen molar-refractivity contribution >= 4 is 11.9 Å². The zero-order chi connectivity index (χ0) is 19.8. The van der Waals surface area contributed by atoms with Crippen molar-refractivity contribution in [3.05, 3.63) is 34.4 Å². The molecule has 0 saturated heterocycles. The SMILES string of the molecule is COc1cc(/C=C2\C[C@@]3(C)C(=C(C)C2=O)CCC[C@@H]3O)cc(OC)c1OC. The molecule has 1 N–H and O–H groups in total. The highest BCUT2D eigenvalue weighted by Crippen LogP contribution is 2.50. The first kappa shape index (κ1) is 19.5. The fourth-order valence-corrected chi connectivity index (χ4v) is 4.47. The molecule has 0 amide bonds. The van der Waals surface area contributed by atoms with Crippen molar-refractivity contribution in [1.29, 1.82) is 0 Å². The first-order chi connectivity index (χ1) is 12.8. The van der Waals surface area contributed by atoms with Crippen LogP contribution >= 0.6 is 0 Å². The fraction of sp³-hybridized carbons (Fsp3) is 0.500. The number of Topliss-reactive ketones (excluding diaryl/α,β-unsaturated/α-hetero) is 1. The highest BCUT2D eigenvalue weighted by molar-refractivity contribution is 6.12. The Kier molecular flexibility index (Phi) is 5.33. The quantitative estimate of drug-likeness (QED) is 0.811. The van der Waals surface area contributed by atoms with Gasteiger partial charge in [-0.15, -0.1) is 0 Å². The molecule has 1 saturated carbocycles. The summed E-state index contributed by atoms with van der Waals surface area (Å²) in [6, 6.07) is 3.66. The van der Waals surface area contributed by atoms with E-state index in [1.165, 1.54) is 0 Å². The molecule has 0 bridgehead atoms. The second-order valence-corrected chi connectivity index (χ2v) is 7.56. The van der Waals surface area contributed by atoms with Gasteiger partial charge < -0.3 is 19.3 Å². The lowest BCUT2D eigenvalue weighted by molar-refractivity contribution is -0.113. The lowest BCUT2D eigenvalue weighted by Gasteiger charge is -2.45. The summed E-state index contributed by atoms with van der Waals surface area (Å²) in [6.07, 6.45) is 4.59. The number of benzene rings is 1. The average Bonchev–Trinajstić information content (AvgIpc) is 2.66. The molecular formula is C22H28O5. The van der Waals surface area contributed by atoms with Crippen LogP contribution in [0.2, 0.25) is 0 Å². The second-order valence-electron chi connectivity index (χ2n) is 7.56. The van der Waals surface area contributed by atoms with E-state index in [4.69, 9.17) is 14.2 Å². The summed E-state index contributed by atoms with van der Waals surface area (Å²) in [6.45, 7) is 3.96. The maximum Gasteiger partial charge on any atom is 0.203 e. The van der Waals surface area contributed by atoms with Gasteiger partial charge in [0.25, 0.3) is 0 Å². The highest BCUT2D eigenvalue weighted by Gasteiger charge is 2.45. The van der Waals surface area contributed by atoms with Crippen molar-refractivity contribution in [1.82, 2.24) is 0 Å². The van der Waals surface area contributed by atoms with E-state index in [1.807, 2.05) is 25.1 Å². The van der Waals surface area contributed by atoms with Gasteiger partial charge in [0, 0.05) is 11.0 Å². The molecule has 1 aromatic carbocycles. The van der Waals surface area contributed by atoms with E-state index in [0.717, 1.165) is 36.0 Å². The van der Waals surface area contributed by atoms with E-state index in [9.17, 15) is 9.90 Å². The van der Waals surface area contributed by atoms with Gasteiger partial charge in [0.2, 0.25) is 5.75 Å². The molecular weight excluding hydrogens is 344 g/mol. The highest BCUT2D eigenvalue weighted by atomic mass is 16.5. The lowest BCUT2D eigenvalue weighted by atomic mass is 9.61.